The molecule has 2 aromatic carbocycles. The van der Waals surface area contributed by atoms with Crippen LogP contribution in [0.3, 0.4) is 0 Å². The third kappa shape index (κ3) is 5.88. The van der Waals surface area contributed by atoms with E-state index < -0.39 is 0 Å². The molecular formula is C26H30ClN5OS. The van der Waals surface area contributed by atoms with Gasteiger partial charge in [-0.1, -0.05) is 54.0 Å². The minimum Gasteiger partial charge on any atom is -0.354 e. The zero-order chi connectivity index (χ0) is 24.1. The zero-order valence-corrected chi connectivity index (χ0v) is 21.4. The minimum atomic E-state index is 0.125. The monoisotopic (exact) mass is 495 g/mol. The van der Waals surface area contributed by atoms with Gasteiger partial charge in [0.25, 0.3) is 0 Å². The lowest BCUT2D eigenvalue weighted by Crippen LogP contribution is -2.31. The fourth-order valence-corrected chi connectivity index (χ4v) is 4.89. The molecule has 34 heavy (non-hydrogen) atoms. The van der Waals surface area contributed by atoms with E-state index in [1.165, 1.54) is 5.56 Å². The number of hydrogen-bond donors (Lipinski definition) is 1. The van der Waals surface area contributed by atoms with Gasteiger partial charge in [-0.15, -0.1) is 10.2 Å². The highest BCUT2D eigenvalue weighted by Gasteiger charge is 2.16. The number of nitrogens with one attached hydrogen (secondary N) is 1. The van der Waals surface area contributed by atoms with Crippen LogP contribution in [-0.2, 0) is 11.3 Å². The van der Waals surface area contributed by atoms with Crippen molar-refractivity contribution in [2.45, 2.75) is 64.2 Å². The summed E-state index contributed by atoms with van der Waals surface area (Å²) < 4.78 is 2.19. The van der Waals surface area contributed by atoms with Crippen molar-refractivity contribution in [1.82, 2.24) is 25.1 Å². The molecular weight excluding hydrogens is 466 g/mol. The van der Waals surface area contributed by atoms with Crippen LogP contribution in [-0.4, -0.2) is 37.5 Å². The second kappa shape index (κ2) is 11.2. The van der Waals surface area contributed by atoms with Crippen molar-refractivity contribution in [1.29, 1.82) is 0 Å². The molecule has 8 heteroatoms. The topological polar surface area (TPSA) is 72.7 Å². The van der Waals surface area contributed by atoms with E-state index in [2.05, 4.69) is 58.2 Å². The van der Waals surface area contributed by atoms with Gasteiger partial charge < -0.3 is 9.88 Å². The molecule has 1 amide bonds. The summed E-state index contributed by atoms with van der Waals surface area (Å²) in [5, 5.41) is 14.4. The fourth-order valence-electron chi connectivity index (χ4n) is 3.89. The maximum Gasteiger partial charge on any atom is 0.220 e. The lowest BCUT2D eigenvalue weighted by atomic mass is 10.1. The highest BCUT2D eigenvalue weighted by atomic mass is 35.5. The number of rotatable bonds is 10. The Morgan fingerprint density at radius 2 is 2.03 bits per heavy atom. The average Bonchev–Trinajstić information content (AvgIpc) is 3.10. The zero-order valence-electron chi connectivity index (χ0n) is 19.8. The first-order valence-electron chi connectivity index (χ1n) is 11.7. The SMILES string of the molecule is CCC(C)NC(=O)CCCCSc1nnc2c3cc(C)ccc3n(Cc3cccc(Cl)c3)c2n1. The number of carbonyl (C=O) groups is 1. The number of benzene rings is 2. The van der Waals surface area contributed by atoms with Crippen molar-refractivity contribution in [3.8, 4) is 0 Å². The van der Waals surface area contributed by atoms with Gasteiger partial charge in [0, 0.05) is 35.2 Å². The van der Waals surface area contributed by atoms with E-state index in [0.29, 0.717) is 18.1 Å². The molecule has 2 heterocycles. The molecule has 0 aliphatic heterocycles. The molecule has 4 aromatic rings. The highest BCUT2D eigenvalue weighted by molar-refractivity contribution is 7.99. The van der Waals surface area contributed by atoms with Crippen molar-refractivity contribution in [2.75, 3.05) is 5.75 Å². The molecule has 0 aliphatic rings. The third-order valence-electron chi connectivity index (χ3n) is 5.88. The molecule has 1 unspecified atom stereocenters. The Morgan fingerprint density at radius 1 is 1.18 bits per heavy atom. The Kier molecular flexibility index (Phi) is 8.06. The van der Waals surface area contributed by atoms with Gasteiger partial charge in [0.1, 0.15) is 5.52 Å². The summed E-state index contributed by atoms with van der Waals surface area (Å²) in [7, 11) is 0. The van der Waals surface area contributed by atoms with Crippen molar-refractivity contribution in [2.24, 2.45) is 0 Å². The number of fused-ring (bicyclic) bond motifs is 3. The molecule has 178 valence electrons. The normalized spacial score (nSPS) is 12.4. The molecule has 0 saturated heterocycles. The van der Waals surface area contributed by atoms with E-state index in [4.69, 9.17) is 16.6 Å². The lowest BCUT2D eigenvalue weighted by Gasteiger charge is -2.10. The van der Waals surface area contributed by atoms with Gasteiger partial charge in [0.15, 0.2) is 5.65 Å². The summed E-state index contributed by atoms with van der Waals surface area (Å²) in [5.41, 5.74) is 5.00. The molecule has 4 rings (SSSR count). The number of amides is 1. The molecule has 0 spiro atoms. The van der Waals surface area contributed by atoms with Gasteiger partial charge >= 0.3 is 0 Å². The van der Waals surface area contributed by atoms with Crippen LogP contribution >= 0.6 is 23.4 Å². The van der Waals surface area contributed by atoms with E-state index in [9.17, 15) is 4.79 Å². The Morgan fingerprint density at radius 3 is 2.82 bits per heavy atom. The molecule has 6 nitrogen and oxygen atoms in total. The summed E-state index contributed by atoms with van der Waals surface area (Å²) in [6.07, 6.45) is 3.27. The third-order valence-corrected chi connectivity index (χ3v) is 7.04. The van der Waals surface area contributed by atoms with Gasteiger partial charge in [0.05, 0.1) is 5.52 Å². The van der Waals surface area contributed by atoms with Gasteiger partial charge in [0.2, 0.25) is 11.1 Å². The largest absolute Gasteiger partial charge is 0.354 e. The first-order valence-corrected chi connectivity index (χ1v) is 13.1. The lowest BCUT2D eigenvalue weighted by molar-refractivity contribution is -0.121. The van der Waals surface area contributed by atoms with E-state index in [0.717, 1.165) is 57.7 Å². The van der Waals surface area contributed by atoms with E-state index >= 15 is 0 Å². The summed E-state index contributed by atoms with van der Waals surface area (Å²) in [4.78, 5) is 16.8. The number of halogens is 1. The average molecular weight is 496 g/mol. The Hall–Kier alpha value is -2.64. The maximum atomic E-state index is 11.9. The van der Waals surface area contributed by atoms with Crippen molar-refractivity contribution in [3.05, 3.63) is 58.6 Å². The van der Waals surface area contributed by atoms with Gasteiger partial charge in [-0.05, 0) is 62.9 Å². The number of carbonyl (C=O) groups excluding carboxylic acids is 1. The number of nitrogens with zero attached hydrogens (tertiary/aromatic N) is 4. The Bertz CT molecular complexity index is 1310. The van der Waals surface area contributed by atoms with Crippen LogP contribution in [0.25, 0.3) is 22.1 Å². The first-order chi connectivity index (χ1) is 16.4. The number of aryl methyl sites for hydroxylation is 1. The van der Waals surface area contributed by atoms with Crippen LogP contribution in [0.1, 0.15) is 50.7 Å². The van der Waals surface area contributed by atoms with Crippen LogP contribution in [0.5, 0.6) is 0 Å². The summed E-state index contributed by atoms with van der Waals surface area (Å²) in [5.74, 6) is 0.969. The van der Waals surface area contributed by atoms with Crippen LogP contribution in [0.2, 0.25) is 5.02 Å². The maximum absolute atomic E-state index is 11.9. The molecule has 0 aliphatic carbocycles. The molecule has 0 radical (unpaired) electrons. The molecule has 2 aromatic heterocycles. The minimum absolute atomic E-state index is 0.125. The van der Waals surface area contributed by atoms with Crippen LogP contribution in [0, 0.1) is 6.92 Å². The summed E-state index contributed by atoms with van der Waals surface area (Å²) in [6, 6.07) is 14.5. The molecule has 0 bridgehead atoms. The predicted molar refractivity (Wildman–Crippen MR) is 141 cm³/mol. The molecule has 0 fully saturated rings. The van der Waals surface area contributed by atoms with Crippen molar-refractivity contribution in [3.63, 3.8) is 0 Å². The van der Waals surface area contributed by atoms with Gasteiger partial charge in [-0.3, -0.25) is 4.79 Å². The quantitative estimate of drug-likeness (QED) is 0.210. The second-order valence-electron chi connectivity index (χ2n) is 8.69. The van der Waals surface area contributed by atoms with E-state index in [-0.39, 0.29) is 11.9 Å². The van der Waals surface area contributed by atoms with Gasteiger partial charge in [-0.25, -0.2) is 4.98 Å². The number of aromatic nitrogens is 4. The Labute approximate surface area is 209 Å². The van der Waals surface area contributed by atoms with Crippen LogP contribution in [0.15, 0.2) is 47.6 Å². The van der Waals surface area contributed by atoms with Crippen molar-refractivity contribution < 1.29 is 4.79 Å². The molecule has 0 saturated carbocycles. The number of thioether (sulfide) groups is 1. The second-order valence-corrected chi connectivity index (χ2v) is 10.2. The van der Waals surface area contributed by atoms with E-state index in [1.54, 1.807) is 11.8 Å². The first kappa shape index (κ1) is 24.5. The fraction of sp³-hybridized carbons (Fsp3) is 0.385. The predicted octanol–water partition coefficient (Wildman–Crippen LogP) is 6.17. The standard InChI is InChI=1S/C26H30ClN5OS/c1-4-18(3)28-23(33)10-5-6-13-34-26-29-25-24(30-31-26)21-14-17(2)11-12-22(21)32(25)16-19-8-7-9-20(27)15-19/h7-9,11-12,14-15,18H,4-6,10,13,16H2,1-3H3,(H,28,33). The van der Waals surface area contributed by atoms with Crippen molar-refractivity contribution >= 4 is 51.3 Å². The smallest absolute Gasteiger partial charge is 0.220 e. The van der Waals surface area contributed by atoms with Crippen LogP contribution < -0.4 is 5.32 Å². The summed E-state index contributed by atoms with van der Waals surface area (Å²) >= 11 is 7.81. The highest BCUT2D eigenvalue weighted by Crippen LogP contribution is 2.29. The van der Waals surface area contributed by atoms with Crippen LogP contribution in [0.4, 0.5) is 0 Å². The Balaban J connectivity index is 1.50. The van der Waals surface area contributed by atoms with E-state index in [1.807, 2.05) is 25.1 Å². The molecule has 1 N–H and O–H groups in total. The molecule has 1 atom stereocenters. The summed E-state index contributed by atoms with van der Waals surface area (Å²) in [6.45, 7) is 6.83. The van der Waals surface area contributed by atoms with Gasteiger partial charge in [-0.2, -0.15) is 0 Å². The number of unbranched alkanes of at least 4 members (excludes halogenated alkanes) is 1. The number of hydrogen-bond acceptors (Lipinski definition) is 5.